The number of nitrogens with zero attached hydrogens (tertiary/aromatic N) is 2. The summed E-state index contributed by atoms with van der Waals surface area (Å²) in [4.78, 5) is 6.55. The molecule has 0 spiro atoms. The molecular weight excluding hydrogens is 309 g/mol. The molecule has 1 fully saturated rings. The lowest BCUT2D eigenvalue weighted by Gasteiger charge is -2.19. The Bertz CT molecular complexity index is 486. The quantitative estimate of drug-likeness (QED) is 0.682. The van der Waals surface area contributed by atoms with Gasteiger partial charge in [-0.1, -0.05) is 6.07 Å². The van der Waals surface area contributed by atoms with Crippen LogP contribution in [-0.4, -0.2) is 30.0 Å². The van der Waals surface area contributed by atoms with Crippen LogP contribution in [0.5, 0.6) is 0 Å². The van der Waals surface area contributed by atoms with Gasteiger partial charge in [0.15, 0.2) is 5.96 Å². The van der Waals surface area contributed by atoms with Crippen molar-refractivity contribution in [2.75, 3.05) is 13.1 Å². The molecule has 2 rings (SSSR count). The van der Waals surface area contributed by atoms with E-state index in [1.165, 1.54) is 0 Å². The summed E-state index contributed by atoms with van der Waals surface area (Å²) in [7, 11) is 0. The normalized spacial score (nSPS) is 22.4. The van der Waals surface area contributed by atoms with Gasteiger partial charge in [0.2, 0.25) is 0 Å². The van der Waals surface area contributed by atoms with Gasteiger partial charge in [-0.05, 0) is 53.9 Å². The molecule has 2 atom stereocenters. The van der Waals surface area contributed by atoms with E-state index in [2.05, 4.69) is 34.8 Å². The standard InChI is InChI=1S/C14H19BrFN3/c1-3-19(4-2)14(17)18-13-8-10(13)9-5-6-11(15)12(16)7-9/h5-7,10,13H,3-4,8H2,1-2H3,(H2,17,18)/t10-,13+/m0/s1. The summed E-state index contributed by atoms with van der Waals surface area (Å²) in [5.74, 6) is 0.677. The highest BCUT2D eigenvalue weighted by Crippen LogP contribution is 2.44. The first kappa shape index (κ1) is 14.3. The Morgan fingerprint density at radius 3 is 2.74 bits per heavy atom. The Morgan fingerprint density at radius 1 is 1.47 bits per heavy atom. The van der Waals surface area contributed by atoms with Crippen molar-refractivity contribution < 1.29 is 4.39 Å². The maximum Gasteiger partial charge on any atom is 0.191 e. The molecule has 3 nitrogen and oxygen atoms in total. The molecule has 0 saturated heterocycles. The van der Waals surface area contributed by atoms with Crippen LogP contribution < -0.4 is 5.73 Å². The van der Waals surface area contributed by atoms with Crippen LogP contribution in [0.2, 0.25) is 0 Å². The maximum atomic E-state index is 13.5. The van der Waals surface area contributed by atoms with Gasteiger partial charge in [-0.3, -0.25) is 0 Å². The zero-order valence-electron chi connectivity index (χ0n) is 11.2. The summed E-state index contributed by atoms with van der Waals surface area (Å²) >= 11 is 3.16. The predicted octanol–water partition coefficient (Wildman–Crippen LogP) is 3.10. The van der Waals surface area contributed by atoms with E-state index in [1.54, 1.807) is 12.1 Å². The number of halogens is 2. The molecule has 0 unspecified atom stereocenters. The van der Waals surface area contributed by atoms with E-state index in [0.717, 1.165) is 25.1 Å². The van der Waals surface area contributed by atoms with Gasteiger partial charge in [-0.25, -0.2) is 9.38 Å². The zero-order chi connectivity index (χ0) is 14.0. The SMILES string of the molecule is CCN(CC)C(N)=N[C@@H]1C[C@H]1c1ccc(Br)c(F)c1. The first-order chi connectivity index (χ1) is 9.06. The van der Waals surface area contributed by atoms with E-state index in [9.17, 15) is 4.39 Å². The molecule has 5 heteroatoms. The fraction of sp³-hybridized carbons (Fsp3) is 0.500. The Morgan fingerprint density at radius 2 is 2.16 bits per heavy atom. The van der Waals surface area contributed by atoms with Gasteiger partial charge in [-0.2, -0.15) is 0 Å². The van der Waals surface area contributed by atoms with E-state index in [4.69, 9.17) is 5.73 Å². The molecule has 1 aromatic rings. The van der Waals surface area contributed by atoms with Crippen molar-refractivity contribution in [1.82, 2.24) is 4.90 Å². The second kappa shape index (κ2) is 5.90. The predicted molar refractivity (Wildman–Crippen MR) is 79.8 cm³/mol. The van der Waals surface area contributed by atoms with Crippen LogP contribution in [0.1, 0.15) is 31.7 Å². The first-order valence-corrected chi connectivity index (χ1v) is 7.39. The molecule has 19 heavy (non-hydrogen) atoms. The molecule has 1 saturated carbocycles. The van der Waals surface area contributed by atoms with Crippen LogP contribution in [0.4, 0.5) is 4.39 Å². The lowest BCUT2D eigenvalue weighted by Crippen LogP contribution is -2.37. The van der Waals surface area contributed by atoms with Crippen molar-refractivity contribution in [2.45, 2.75) is 32.2 Å². The molecule has 2 N–H and O–H groups in total. The van der Waals surface area contributed by atoms with Gasteiger partial charge >= 0.3 is 0 Å². The van der Waals surface area contributed by atoms with Gasteiger partial charge < -0.3 is 10.6 Å². The second-order valence-corrected chi connectivity index (χ2v) is 5.60. The molecule has 104 valence electrons. The number of rotatable bonds is 4. The summed E-state index contributed by atoms with van der Waals surface area (Å²) in [5, 5.41) is 0. The van der Waals surface area contributed by atoms with Crippen LogP contribution in [0.25, 0.3) is 0 Å². The van der Waals surface area contributed by atoms with Crippen LogP contribution >= 0.6 is 15.9 Å². The third kappa shape index (κ3) is 3.26. The molecule has 0 amide bonds. The Hall–Kier alpha value is -1.10. The number of hydrogen-bond acceptors (Lipinski definition) is 1. The number of nitrogens with two attached hydrogens (primary N) is 1. The van der Waals surface area contributed by atoms with Gasteiger partial charge in [0.1, 0.15) is 5.82 Å². The van der Waals surface area contributed by atoms with E-state index >= 15 is 0 Å². The minimum atomic E-state index is -0.219. The molecule has 0 aromatic heterocycles. The average Bonchev–Trinajstić information content (AvgIpc) is 3.13. The van der Waals surface area contributed by atoms with Crippen LogP contribution in [0, 0.1) is 5.82 Å². The molecular formula is C14H19BrFN3. The molecule has 0 radical (unpaired) electrons. The molecule has 1 aromatic carbocycles. The van der Waals surface area contributed by atoms with Crippen molar-refractivity contribution in [3.63, 3.8) is 0 Å². The summed E-state index contributed by atoms with van der Waals surface area (Å²) in [6.07, 6.45) is 0.947. The van der Waals surface area contributed by atoms with Gasteiger partial charge in [0.25, 0.3) is 0 Å². The number of aliphatic imine (C=N–C) groups is 1. The number of benzene rings is 1. The summed E-state index contributed by atoms with van der Waals surface area (Å²) in [6.45, 7) is 5.83. The summed E-state index contributed by atoms with van der Waals surface area (Å²) in [5.41, 5.74) is 6.97. The highest BCUT2D eigenvalue weighted by Gasteiger charge is 2.39. The monoisotopic (exact) mass is 327 g/mol. The van der Waals surface area contributed by atoms with E-state index < -0.39 is 0 Å². The van der Waals surface area contributed by atoms with Crippen molar-refractivity contribution in [3.05, 3.63) is 34.1 Å². The summed E-state index contributed by atoms with van der Waals surface area (Å²) in [6, 6.07) is 5.47. The summed E-state index contributed by atoms with van der Waals surface area (Å²) < 4.78 is 14.0. The highest BCUT2D eigenvalue weighted by molar-refractivity contribution is 9.10. The topological polar surface area (TPSA) is 41.6 Å². The molecule has 0 bridgehead atoms. The van der Waals surface area contributed by atoms with E-state index in [0.29, 0.717) is 16.4 Å². The Labute approximate surface area is 121 Å². The largest absolute Gasteiger partial charge is 0.370 e. The average molecular weight is 328 g/mol. The van der Waals surface area contributed by atoms with Crippen LogP contribution in [-0.2, 0) is 0 Å². The number of hydrogen-bond donors (Lipinski definition) is 1. The van der Waals surface area contributed by atoms with Crippen LogP contribution in [0.15, 0.2) is 27.7 Å². The number of guanidine groups is 1. The first-order valence-electron chi connectivity index (χ1n) is 6.60. The Kier molecular flexibility index (Phi) is 4.45. The van der Waals surface area contributed by atoms with Crippen LogP contribution in [0.3, 0.4) is 0 Å². The zero-order valence-corrected chi connectivity index (χ0v) is 12.8. The minimum absolute atomic E-state index is 0.196. The fourth-order valence-corrected chi connectivity index (χ4v) is 2.47. The third-order valence-electron chi connectivity index (χ3n) is 3.51. The molecule has 0 aliphatic heterocycles. The van der Waals surface area contributed by atoms with E-state index in [1.807, 2.05) is 11.0 Å². The van der Waals surface area contributed by atoms with Crippen molar-refractivity contribution in [2.24, 2.45) is 10.7 Å². The highest BCUT2D eigenvalue weighted by atomic mass is 79.9. The molecule has 1 aliphatic carbocycles. The lowest BCUT2D eigenvalue weighted by molar-refractivity contribution is 0.458. The maximum absolute atomic E-state index is 13.5. The Balaban J connectivity index is 2.04. The van der Waals surface area contributed by atoms with Crippen molar-refractivity contribution >= 4 is 21.9 Å². The smallest absolute Gasteiger partial charge is 0.191 e. The van der Waals surface area contributed by atoms with Gasteiger partial charge in [-0.15, -0.1) is 0 Å². The molecule has 0 heterocycles. The van der Waals surface area contributed by atoms with E-state index in [-0.39, 0.29) is 11.9 Å². The van der Waals surface area contributed by atoms with Crippen molar-refractivity contribution in [3.8, 4) is 0 Å². The fourth-order valence-electron chi connectivity index (χ4n) is 2.22. The lowest BCUT2D eigenvalue weighted by atomic mass is 10.1. The molecule has 1 aliphatic rings. The van der Waals surface area contributed by atoms with Crippen molar-refractivity contribution in [1.29, 1.82) is 0 Å². The van der Waals surface area contributed by atoms with Gasteiger partial charge in [0, 0.05) is 19.0 Å². The van der Waals surface area contributed by atoms with Gasteiger partial charge in [0.05, 0.1) is 10.5 Å². The second-order valence-electron chi connectivity index (χ2n) is 4.74. The minimum Gasteiger partial charge on any atom is -0.370 e. The third-order valence-corrected chi connectivity index (χ3v) is 4.16.